The number of nitrogens with zero attached hydrogens (tertiary/aromatic N) is 1. The highest BCUT2D eigenvalue weighted by Crippen LogP contribution is 2.28. The van der Waals surface area contributed by atoms with E-state index < -0.39 is 12.1 Å². The van der Waals surface area contributed by atoms with Crippen molar-refractivity contribution in [3.63, 3.8) is 0 Å². The molecule has 4 rings (SSSR count). The third-order valence-corrected chi connectivity index (χ3v) is 8.02. The molecule has 1 fully saturated rings. The molecule has 39 heavy (non-hydrogen) atoms. The van der Waals surface area contributed by atoms with Gasteiger partial charge in [-0.15, -0.1) is 0 Å². The number of ether oxygens (including phenoxy) is 2. The van der Waals surface area contributed by atoms with Gasteiger partial charge in [-0.25, -0.2) is 9.59 Å². The first-order chi connectivity index (χ1) is 19.0. The third-order valence-electron chi connectivity index (χ3n) is 8.02. The number of benzene rings is 2. The van der Waals surface area contributed by atoms with Crippen molar-refractivity contribution in [1.29, 1.82) is 0 Å². The largest absolute Gasteiger partial charge is 0.492 e. The van der Waals surface area contributed by atoms with Gasteiger partial charge in [0.2, 0.25) is 0 Å². The second-order valence-corrected chi connectivity index (χ2v) is 10.9. The molecule has 2 amide bonds. The summed E-state index contributed by atoms with van der Waals surface area (Å²) in [4.78, 5) is 26.5. The number of nitrogens with one attached hydrogen (secondary N) is 1. The Balaban J connectivity index is 1.30. The summed E-state index contributed by atoms with van der Waals surface area (Å²) < 4.78 is 11.3. The number of aryl methyl sites for hydroxylation is 2. The molecule has 0 heterocycles. The Hall–Kier alpha value is -3.06. The zero-order valence-corrected chi connectivity index (χ0v) is 23.3. The van der Waals surface area contributed by atoms with E-state index in [1.165, 1.54) is 56.1 Å². The maximum absolute atomic E-state index is 13.3. The first-order valence-electron chi connectivity index (χ1n) is 14.8. The van der Waals surface area contributed by atoms with Crippen LogP contribution in [0.5, 0.6) is 5.75 Å². The Labute approximate surface area is 232 Å². The minimum atomic E-state index is -0.959. The molecule has 7 heteroatoms. The van der Waals surface area contributed by atoms with Crippen molar-refractivity contribution in [3.8, 4) is 5.75 Å². The number of urea groups is 1. The van der Waals surface area contributed by atoms with Gasteiger partial charge in [0.1, 0.15) is 12.4 Å². The highest BCUT2D eigenvalue weighted by molar-refractivity contribution is 5.89. The number of fused-ring (bicyclic) bond motifs is 1. The van der Waals surface area contributed by atoms with E-state index in [1.54, 1.807) is 6.92 Å². The second kappa shape index (κ2) is 14.9. The Morgan fingerprint density at radius 1 is 1.00 bits per heavy atom. The van der Waals surface area contributed by atoms with Crippen LogP contribution in [-0.2, 0) is 28.8 Å². The van der Waals surface area contributed by atoms with Crippen molar-refractivity contribution in [3.05, 3.63) is 59.2 Å². The lowest BCUT2D eigenvalue weighted by atomic mass is 9.86. The van der Waals surface area contributed by atoms with E-state index in [2.05, 4.69) is 17.4 Å². The van der Waals surface area contributed by atoms with Gasteiger partial charge in [-0.2, -0.15) is 0 Å². The maximum Gasteiger partial charge on any atom is 0.333 e. The summed E-state index contributed by atoms with van der Waals surface area (Å²) in [7, 11) is 0. The minimum absolute atomic E-state index is 0.0776. The summed E-state index contributed by atoms with van der Waals surface area (Å²) in [6.07, 6.45) is 11.7. The quantitative estimate of drug-likeness (QED) is 0.288. The summed E-state index contributed by atoms with van der Waals surface area (Å²) in [5.41, 5.74) is 4.48. The first kappa shape index (κ1) is 28.9. The van der Waals surface area contributed by atoms with Crippen molar-refractivity contribution < 1.29 is 24.2 Å². The summed E-state index contributed by atoms with van der Waals surface area (Å²) in [5.74, 6) is 0.528. The lowest BCUT2D eigenvalue weighted by molar-refractivity contribution is -0.149. The summed E-state index contributed by atoms with van der Waals surface area (Å²) in [6.45, 7) is 3.74. The van der Waals surface area contributed by atoms with Crippen molar-refractivity contribution in [2.75, 3.05) is 31.6 Å². The van der Waals surface area contributed by atoms with Crippen LogP contribution in [0, 0.1) is 5.92 Å². The zero-order chi connectivity index (χ0) is 27.5. The van der Waals surface area contributed by atoms with Gasteiger partial charge < -0.3 is 24.8 Å². The average molecular weight is 537 g/mol. The van der Waals surface area contributed by atoms with Crippen molar-refractivity contribution in [2.24, 2.45) is 5.92 Å². The van der Waals surface area contributed by atoms with Gasteiger partial charge in [0.25, 0.3) is 0 Å². The molecule has 2 aromatic carbocycles. The van der Waals surface area contributed by atoms with Crippen LogP contribution in [0.15, 0.2) is 42.5 Å². The molecular weight excluding hydrogens is 492 g/mol. The molecule has 212 valence electrons. The van der Waals surface area contributed by atoms with Crippen molar-refractivity contribution >= 4 is 17.7 Å². The monoisotopic (exact) mass is 536 g/mol. The molecule has 2 aliphatic rings. The summed E-state index contributed by atoms with van der Waals surface area (Å²) in [6, 6.07) is 13.6. The van der Waals surface area contributed by atoms with Gasteiger partial charge >= 0.3 is 12.0 Å². The molecule has 0 saturated heterocycles. The van der Waals surface area contributed by atoms with E-state index in [1.807, 2.05) is 35.2 Å². The third kappa shape index (κ3) is 8.99. The molecule has 1 atom stereocenters. The van der Waals surface area contributed by atoms with E-state index >= 15 is 0 Å². The van der Waals surface area contributed by atoms with Crippen LogP contribution < -0.4 is 10.1 Å². The number of carbonyl (C=O) groups excluding carboxylic acids is 1. The van der Waals surface area contributed by atoms with Crippen LogP contribution in [-0.4, -0.2) is 54.4 Å². The molecule has 0 radical (unpaired) electrons. The predicted molar refractivity (Wildman–Crippen MR) is 154 cm³/mol. The number of amides is 2. The lowest BCUT2D eigenvalue weighted by Crippen LogP contribution is -2.38. The fourth-order valence-corrected chi connectivity index (χ4v) is 5.84. The molecule has 2 aromatic rings. The summed E-state index contributed by atoms with van der Waals surface area (Å²) in [5, 5.41) is 12.4. The number of hydrogen-bond donors (Lipinski definition) is 2. The molecule has 1 saturated carbocycles. The summed E-state index contributed by atoms with van der Waals surface area (Å²) >= 11 is 0. The Morgan fingerprint density at radius 3 is 2.51 bits per heavy atom. The number of anilines is 1. The Morgan fingerprint density at radius 2 is 1.77 bits per heavy atom. The number of rotatable bonds is 14. The molecule has 0 bridgehead atoms. The normalized spacial score (nSPS) is 15.9. The SMILES string of the molecule is CCOC(Cc1ccc(OCCN(CCCC2CCCCC2)C(=O)Nc2ccc3c(c2)CCC3)cc1)C(=O)O. The molecule has 1 unspecified atom stereocenters. The smallest absolute Gasteiger partial charge is 0.333 e. The fourth-order valence-electron chi connectivity index (χ4n) is 5.84. The van der Waals surface area contributed by atoms with Crippen LogP contribution in [0.2, 0.25) is 0 Å². The standard InChI is InChI=1S/C32H44N2O5/c1-2-38-30(31(35)36)22-25-13-17-29(18-14-25)39-21-20-34(19-7-10-24-8-4-3-5-9-24)32(37)33-28-16-15-26-11-6-12-27(26)23-28/h13-18,23-24,30H,2-12,19-22H2,1H3,(H,33,37)(H,35,36). The van der Waals surface area contributed by atoms with Crippen molar-refractivity contribution in [1.82, 2.24) is 4.90 Å². The van der Waals surface area contributed by atoms with Gasteiger partial charge in [0, 0.05) is 25.3 Å². The maximum atomic E-state index is 13.3. The van der Waals surface area contributed by atoms with Gasteiger partial charge in [-0.1, -0.05) is 50.3 Å². The minimum Gasteiger partial charge on any atom is -0.492 e. The van der Waals surface area contributed by atoms with Crippen molar-refractivity contribution in [2.45, 2.75) is 83.7 Å². The van der Waals surface area contributed by atoms with E-state index in [4.69, 9.17) is 9.47 Å². The van der Waals surface area contributed by atoms with Crippen LogP contribution in [0.25, 0.3) is 0 Å². The number of carbonyl (C=O) groups is 2. The zero-order valence-electron chi connectivity index (χ0n) is 23.3. The highest BCUT2D eigenvalue weighted by atomic mass is 16.5. The van der Waals surface area contributed by atoms with E-state index in [0.717, 1.165) is 36.4 Å². The molecule has 2 N–H and O–H groups in total. The first-order valence-corrected chi connectivity index (χ1v) is 14.8. The second-order valence-electron chi connectivity index (χ2n) is 10.9. The number of carboxylic acid groups (broad SMARTS) is 1. The topological polar surface area (TPSA) is 88.1 Å². The van der Waals surface area contributed by atoms with E-state index in [0.29, 0.717) is 38.5 Å². The van der Waals surface area contributed by atoms with Crippen LogP contribution in [0.1, 0.15) is 75.0 Å². The Bertz CT molecular complexity index is 1060. The average Bonchev–Trinajstić information content (AvgIpc) is 3.41. The molecule has 7 nitrogen and oxygen atoms in total. The number of carboxylic acids is 1. The number of hydrogen-bond acceptors (Lipinski definition) is 4. The fraction of sp³-hybridized carbons (Fsp3) is 0.562. The highest BCUT2D eigenvalue weighted by Gasteiger charge is 2.19. The molecule has 0 spiro atoms. The van der Waals surface area contributed by atoms with Gasteiger partial charge in [0.05, 0.1) is 6.54 Å². The van der Waals surface area contributed by atoms with Crippen LogP contribution in [0.4, 0.5) is 10.5 Å². The molecule has 0 aliphatic heterocycles. The lowest BCUT2D eigenvalue weighted by Gasteiger charge is -2.26. The van der Waals surface area contributed by atoms with Crippen LogP contribution in [0.3, 0.4) is 0 Å². The van der Waals surface area contributed by atoms with Gasteiger partial charge in [-0.3, -0.25) is 0 Å². The number of aliphatic carboxylic acids is 1. The van der Waals surface area contributed by atoms with E-state index in [-0.39, 0.29) is 6.03 Å². The van der Waals surface area contributed by atoms with E-state index in [9.17, 15) is 14.7 Å². The molecular formula is C32H44N2O5. The Kier molecular flexibility index (Phi) is 11.1. The predicted octanol–water partition coefficient (Wildman–Crippen LogP) is 6.48. The van der Waals surface area contributed by atoms with Crippen LogP contribution >= 0.6 is 0 Å². The molecule has 2 aliphatic carbocycles. The van der Waals surface area contributed by atoms with Gasteiger partial charge in [-0.05, 0) is 85.9 Å². The molecule has 0 aromatic heterocycles. The van der Waals surface area contributed by atoms with Gasteiger partial charge in [0.15, 0.2) is 6.10 Å².